The molecule has 10 heteroatoms. The maximum absolute atomic E-state index is 14.5. The fourth-order valence-electron chi connectivity index (χ4n) is 3.85. The molecule has 2 heterocycles. The first-order valence-electron chi connectivity index (χ1n) is 10.6. The van der Waals surface area contributed by atoms with E-state index in [0.29, 0.717) is 11.1 Å². The van der Waals surface area contributed by atoms with Crippen LogP contribution in [0.2, 0.25) is 0 Å². The summed E-state index contributed by atoms with van der Waals surface area (Å²) < 4.78 is 29.9. The van der Waals surface area contributed by atoms with E-state index in [2.05, 4.69) is 10.4 Å². The predicted molar refractivity (Wildman–Crippen MR) is 119 cm³/mol. The van der Waals surface area contributed by atoms with E-state index >= 15 is 0 Å². The maximum atomic E-state index is 14.5. The number of hydrogen-bond acceptors (Lipinski definition) is 5. The average Bonchev–Trinajstić information content (AvgIpc) is 3.67. The van der Waals surface area contributed by atoms with E-state index in [9.17, 15) is 28.0 Å². The second-order valence-electron chi connectivity index (χ2n) is 8.15. The minimum Gasteiger partial charge on any atom is -0.298 e. The number of nitrogens with one attached hydrogen (secondary N) is 2. The number of hydrogen-bond donors (Lipinski definition) is 2. The summed E-state index contributed by atoms with van der Waals surface area (Å²) in [5.41, 5.74) is 1.70. The van der Waals surface area contributed by atoms with Gasteiger partial charge in [-0.25, -0.2) is 18.6 Å². The van der Waals surface area contributed by atoms with Gasteiger partial charge in [-0.15, -0.1) is 0 Å². The minimum atomic E-state index is -0.847. The molecular weight excluding hydrogens is 446 g/mol. The molecule has 2 N–H and O–H groups in total. The van der Waals surface area contributed by atoms with Crippen LogP contribution < -0.4 is 16.7 Å². The average molecular weight is 464 g/mol. The molecule has 1 aliphatic carbocycles. The van der Waals surface area contributed by atoms with Crippen LogP contribution in [0.5, 0.6) is 0 Å². The highest BCUT2D eigenvalue weighted by atomic mass is 19.1. The lowest BCUT2D eigenvalue weighted by Gasteiger charge is -2.22. The lowest BCUT2D eigenvalue weighted by molar-refractivity contribution is -0.116. The predicted octanol–water partition coefficient (Wildman–Crippen LogP) is 2.35. The van der Waals surface area contributed by atoms with E-state index in [-0.39, 0.29) is 34.7 Å². The van der Waals surface area contributed by atoms with E-state index < -0.39 is 28.8 Å². The van der Waals surface area contributed by atoms with Gasteiger partial charge < -0.3 is 0 Å². The number of carbonyl (C=O) groups is 2. The van der Waals surface area contributed by atoms with Crippen LogP contribution in [0.25, 0.3) is 10.9 Å². The first-order chi connectivity index (χ1) is 16.3. The van der Waals surface area contributed by atoms with Gasteiger partial charge in [-0.2, -0.15) is 0 Å². The lowest BCUT2D eigenvalue weighted by atomic mass is 10.1. The van der Waals surface area contributed by atoms with Crippen molar-refractivity contribution in [3.8, 4) is 0 Å². The van der Waals surface area contributed by atoms with Crippen molar-refractivity contribution in [3.05, 3.63) is 104 Å². The quantitative estimate of drug-likeness (QED) is 0.603. The summed E-state index contributed by atoms with van der Waals surface area (Å²) in [6.45, 7) is -0.140. The molecule has 1 aliphatic heterocycles. The van der Waals surface area contributed by atoms with Gasteiger partial charge in [0.1, 0.15) is 11.6 Å². The van der Waals surface area contributed by atoms with Crippen molar-refractivity contribution in [1.29, 1.82) is 0 Å². The van der Waals surface area contributed by atoms with Gasteiger partial charge >= 0.3 is 5.69 Å². The Morgan fingerprint density at radius 3 is 2.56 bits per heavy atom. The molecular formula is C24H18F2N4O4. The van der Waals surface area contributed by atoms with Gasteiger partial charge in [-0.05, 0) is 48.7 Å². The Labute approximate surface area is 190 Å². The Kier molecular flexibility index (Phi) is 5.20. The molecule has 1 aromatic heterocycles. The Balaban J connectivity index is 1.43. The third kappa shape index (κ3) is 3.83. The number of nitrogens with zero attached hydrogens (tertiary/aromatic N) is 2. The molecule has 2 aromatic carbocycles. The molecule has 1 fully saturated rings. The van der Waals surface area contributed by atoms with Gasteiger partial charge in [0.2, 0.25) is 0 Å². The number of aromatic amines is 1. The molecule has 0 saturated heterocycles. The zero-order valence-corrected chi connectivity index (χ0v) is 17.7. The highest BCUT2D eigenvalue weighted by Gasteiger charge is 2.32. The van der Waals surface area contributed by atoms with E-state index in [4.69, 9.17) is 0 Å². The first-order valence-corrected chi connectivity index (χ1v) is 10.6. The largest absolute Gasteiger partial charge is 0.329 e. The monoisotopic (exact) mass is 464 g/mol. The van der Waals surface area contributed by atoms with Gasteiger partial charge in [0.25, 0.3) is 11.5 Å². The van der Waals surface area contributed by atoms with E-state index in [1.54, 1.807) is 0 Å². The van der Waals surface area contributed by atoms with Crippen molar-refractivity contribution in [2.24, 2.45) is 5.92 Å². The van der Waals surface area contributed by atoms with Crippen molar-refractivity contribution < 1.29 is 18.4 Å². The van der Waals surface area contributed by atoms with Gasteiger partial charge in [0, 0.05) is 23.9 Å². The number of allylic oxidation sites excluding steroid dienone is 2. The molecule has 1 saturated carbocycles. The number of ketones is 1. The molecule has 34 heavy (non-hydrogen) atoms. The van der Waals surface area contributed by atoms with E-state index in [1.807, 2.05) is 0 Å². The summed E-state index contributed by atoms with van der Waals surface area (Å²) in [7, 11) is 0. The van der Waals surface area contributed by atoms with Crippen molar-refractivity contribution in [2.75, 3.05) is 0 Å². The van der Waals surface area contributed by atoms with Crippen LogP contribution in [0.3, 0.4) is 0 Å². The van der Waals surface area contributed by atoms with Gasteiger partial charge in [-0.3, -0.25) is 29.4 Å². The molecule has 172 valence electrons. The molecule has 0 bridgehead atoms. The second kappa shape index (κ2) is 8.22. The van der Waals surface area contributed by atoms with Crippen LogP contribution in [0, 0.1) is 17.6 Å². The van der Waals surface area contributed by atoms with Crippen LogP contribution in [0.15, 0.2) is 70.0 Å². The Morgan fingerprint density at radius 1 is 1.06 bits per heavy atom. The van der Waals surface area contributed by atoms with Gasteiger partial charge in [-0.1, -0.05) is 12.1 Å². The molecule has 0 unspecified atom stereocenters. The van der Waals surface area contributed by atoms with Crippen molar-refractivity contribution in [3.63, 3.8) is 0 Å². The molecule has 0 radical (unpaired) electrons. The number of fused-ring (bicyclic) bond motifs is 1. The van der Waals surface area contributed by atoms with E-state index in [1.165, 1.54) is 42.7 Å². The summed E-state index contributed by atoms with van der Waals surface area (Å²) in [5.74, 6) is -2.25. The normalized spacial score (nSPS) is 15.2. The SMILES string of the molecule is O=C(C1=CNN(C(=O)c2cc(Cn3c(=O)[nH]c(=O)c4c(F)cccc43)ccc2F)C=C1)C1CC1. The number of aromatic nitrogens is 2. The summed E-state index contributed by atoms with van der Waals surface area (Å²) in [6, 6.07) is 7.67. The van der Waals surface area contributed by atoms with Crippen LogP contribution >= 0.6 is 0 Å². The molecule has 2 aliphatic rings. The Bertz CT molecular complexity index is 1530. The van der Waals surface area contributed by atoms with Crippen LogP contribution in [-0.2, 0) is 11.3 Å². The Hall–Kier alpha value is -4.34. The molecule has 0 atom stereocenters. The number of hydrazine groups is 1. The first kappa shape index (κ1) is 21.5. The zero-order valence-electron chi connectivity index (χ0n) is 17.7. The zero-order chi connectivity index (χ0) is 24.0. The summed E-state index contributed by atoms with van der Waals surface area (Å²) in [5, 5.41) is 0.773. The number of H-pyrrole nitrogens is 1. The third-order valence-corrected chi connectivity index (χ3v) is 5.79. The Morgan fingerprint density at radius 2 is 1.85 bits per heavy atom. The third-order valence-electron chi connectivity index (χ3n) is 5.79. The van der Waals surface area contributed by atoms with E-state index in [0.717, 1.165) is 34.6 Å². The van der Waals surface area contributed by atoms with Crippen molar-refractivity contribution >= 4 is 22.6 Å². The van der Waals surface area contributed by atoms with Gasteiger partial charge in [0.05, 0.1) is 23.0 Å². The fraction of sp³-hybridized carbons (Fsp3) is 0.167. The van der Waals surface area contributed by atoms with Crippen molar-refractivity contribution in [2.45, 2.75) is 19.4 Å². The number of amides is 1. The topological polar surface area (TPSA) is 104 Å². The number of rotatable bonds is 5. The lowest BCUT2D eigenvalue weighted by Crippen LogP contribution is -2.38. The smallest absolute Gasteiger partial charge is 0.298 e. The number of carbonyl (C=O) groups excluding carboxylic acids is 2. The molecule has 1 amide bonds. The summed E-state index contributed by atoms with van der Waals surface area (Å²) in [4.78, 5) is 51.6. The maximum Gasteiger partial charge on any atom is 0.329 e. The number of benzene rings is 2. The highest BCUT2D eigenvalue weighted by molar-refractivity contribution is 6.02. The minimum absolute atomic E-state index is 0.000894. The number of halogens is 2. The summed E-state index contributed by atoms with van der Waals surface area (Å²) in [6.07, 6.45) is 5.96. The van der Waals surface area contributed by atoms with Gasteiger partial charge in [0.15, 0.2) is 5.78 Å². The van der Waals surface area contributed by atoms with Crippen LogP contribution in [-0.4, -0.2) is 26.3 Å². The molecule has 0 spiro atoms. The number of Topliss-reactive ketones (excluding diaryl/α,β-unsaturated/α-hetero) is 1. The summed E-state index contributed by atoms with van der Waals surface area (Å²) >= 11 is 0. The fourth-order valence-corrected chi connectivity index (χ4v) is 3.85. The molecule has 3 aromatic rings. The van der Waals surface area contributed by atoms with Crippen LogP contribution in [0.4, 0.5) is 8.78 Å². The van der Waals surface area contributed by atoms with Crippen molar-refractivity contribution in [1.82, 2.24) is 20.0 Å². The standard InChI is InChI=1S/C24H18F2N4O4/c25-17-7-4-13(12-29-19-3-1-2-18(26)20(19)22(32)28-24(29)34)10-16(17)23(33)30-9-8-15(11-27-30)21(31)14-5-6-14/h1-4,7-11,14,27H,5-6,12H2,(H,28,32,34). The highest BCUT2D eigenvalue weighted by Crippen LogP contribution is 2.33. The second-order valence-corrected chi connectivity index (χ2v) is 8.15. The molecule has 8 nitrogen and oxygen atoms in total. The molecule has 5 rings (SSSR count). The van der Waals surface area contributed by atoms with Crippen LogP contribution in [0.1, 0.15) is 28.8 Å².